The molecule has 0 fully saturated rings. The van der Waals surface area contributed by atoms with E-state index in [9.17, 15) is 0 Å². The number of rotatable bonds is 0. The van der Waals surface area contributed by atoms with Crippen molar-refractivity contribution < 1.29 is 25.5 Å². The van der Waals surface area contributed by atoms with Gasteiger partial charge in [0.1, 0.15) is 0 Å². The summed E-state index contributed by atoms with van der Waals surface area (Å²) >= 11 is 0. The van der Waals surface area contributed by atoms with Crippen LogP contribution in [0.2, 0.25) is 0 Å². The maximum absolute atomic E-state index is 9.01. The van der Waals surface area contributed by atoms with Gasteiger partial charge in [0.05, 0.1) is 0 Å². The molecule has 5 heteroatoms. The summed E-state index contributed by atoms with van der Waals surface area (Å²) in [5.74, 6) is -3.92. The zero-order valence-electron chi connectivity index (χ0n) is 6.24. The van der Waals surface area contributed by atoms with Gasteiger partial charge in [-0.25, -0.2) is 0 Å². The van der Waals surface area contributed by atoms with Crippen LogP contribution in [-0.4, -0.2) is 25.5 Å². The average molecular weight is 172 g/mol. The fraction of sp³-hybridized carbons (Fsp3) is 0.143. The summed E-state index contributed by atoms with van der Waals surface area (Å²) in [6.07, 6.45) is 0. The van der Waals surface area contributed by atoms with Crippen molar-refractivity contribution in [3.8, 4) is 28.7 Å². The minimum absolute atomic E-state index is 0.0946. The van der Waals surface area contributed by atoms with Gasteiger partial charge in [-0.3, -0.25) is 0 Å². The Morgan fingerprint density at radius 1 is 0.583 bits per heavy atom. The van der Waals surface area contributed by atoms with Crippen LogP contribution in [0.1, 0.15) is 5.56 Å². The van der Waals surface area contributed by atoms with E-state index in [-0.39, 0.29) is 5.56 Å². The standard InChI is InChI=1S/C7H8O5/c1-2-3(8)5(10)7(12)6(11)4(2)9/h8-12H,1H3. The number of phenols is 5. The third-order valence-corrected chi connectivity index (χ3v) is 1.61. The van der Waals surface area contributed by atoms with Crippen LogP contribution in [0.4, 0.5) is 0 Å². The highest BCUT2D eigenvalue weighted by Crippen LogP contribution is 2.50. The van der Waals surface area contributed by atoms with Crippen LogP contribution in [0.3, 0.4) is 0 Å². The molecule has 5 nitrogen and oxygen atoms in total. The van der Waals surface area contributed by atoms with Crippen LogP contribution in [0.25, 0.3) is 0 Å². The smallest absolute Gasteiger partial charge is 0.208 e. The molecule has 0 amide bonds. The molecule has 12 heavy (non-hydrogen) atoms. The third-order valence-electron chi connectivity index (χ3n) is 1.61. The van der Waals surface area contributed by atoms with E-state index in [1.807, 2.05) is 0 Å². The van der Waals surface area contributed by atoms with Gasteiger partial charge in [-0.2, -0.15) is 0 Å². The summed E-state index contributed by atoms with van der Waals surface area (Å²) in [7, 11) is 0. The first-order chi connectivity index (χ1) is 5.46. The lowest BCUT2D eigenvalue weighted by Crippen LogP contribution is -1.80. The van der Waals surface area contributed by atoms with Gasteiger partial charge >= 0.3 is 0 Å². The van der Waals surface area contributed by atoms with Crippen LogP contribution in [0.5, 0.6) is 28.7 Å². The van der Waals surface area contributed by atoms with E-state index in [1.54, 1.807) is 0 Å². The predicted octanol–water partition coefficient (Wildman–Crippen LogP) is 0.523. The second-order valence-corrected chi connectivity index (χ2v) is 2.37. The minimum atomic E-state index is -0.935. The lowest BCUT2D eigenvalue weighted by atomic mass is 10.1. The van der Waals surface area contributed by atoms with Gasteiger partial charge in [0.15, 0.2) is 11.5 Å². The van der Waals surface area contributed by atoms with E-state index in [0.717, 1.165) is 0 Å². The first kappa shape index (κ1) is 8.32. The second kappa shape index (κ2) is 2.37. The van der Waals surface area contributed by atoms with Crippen LogP contribution in [-0.2, 0) is 0 Å². The molecule has 1 aromatic rings. The zero-order chi connectivity index (χ0) is 9.46. The van der Waals surface area contributed by atoms with Crippen molar-refractivity contribution in [3.63, 3.8) is 0 Å². The van der Waals surface area contributed by atoms with E-state index in [1.165, 1.54) is 6.92 Å². The molecule has 0 atom stereocenters. The lowest BCUT2D eigenvalue weighted by Gasteiger charge is -2.08. The monoisotopic (exact) mass is 172 g/mol. The van der Waals surface area contributed by atoms with Crippen molar-refractivity contribution in [2.75, 3.05) is 0 Å². The van der Waals surface area contributed by atoms with Crippen molar-refractivity contribution in [3.05, 3.63) is 5.56 Å². The van der Waals surface area contributed by atoms with Gasteiger partial charge in [0.2, 0.25) is 17.2 Å². The maximum atomic E-state index is 9.01. The Balaban J connectivity index is 3.60. The van der Waals surface area contributed by atoms with Crippen molar-refractivity contribution >= 4 is 0 Å². The van der Waals surface area contributed by atoms with Crippen molar-refractivity contribution in [2.45, 2.75) is 6.92 Å². The van der Waals surface area contributed by atoms with E-state index < -0.39 is 28.7 Å². The molecule has 66 valence electrons. The molecule has 1 aromatic carbocycles. The molecule has 0 spiro atoms. The van der Waals surface area contributed by atoms with Crippen LogP contribution >= 0.6 is 0 Å². The molecule has 0 aliphatic carbocycles. The van der Waals surface area contributed by atoms with Gasteiger partial charge in [0, 0.05) is 5.56 Å². The SMILES string of the molecule is Cc1c(O)c(O)c(O)c(O)c1O. The van der Waals surface area contributed by atoms with Gasteiger partial charge in [-0.05, 0) is 6.92 Å². The summed E-state index contributed by atoms with van der Waals surface area (Å²) in [6.45, 7) is 1.28. The van der Waals surface area contributed by atoms with Gasteiger partial charge in [-0.1, -0.05) is 0 Å². The van der Waals surface area contributed by atoms with Gasteiger partial charge in [0.25, 0.3) is 0 Å². The Labute approximate surface area is 67.8 Å². The first-order valence-corrected chi connectivity index (χ1v) is 3.12. The molecule has 0 unspecified atom stereocenters. The Morgan fingerprint density at radius 3 is 1.17 bits per heavy atom. The summed E-state index contributed by atoms with van der Waals surface area (Å²) < 4.78 is 0. The minimum Gasteiger partial charge on any atom is -0.504 e. The Hall–Kier alpha value is -1.78. The number of benzene rings is 1. The lowest BCUT2D eigenvalue weighted by molar-refractivity contribution is 0.325. The van der Waals surface area contributed by atoms with Gasteiger partial charge in [-0.15, -0.1) is 0 Å². The molecule has 0 aliphatic heterocycles. The van der Waals surface area contributed by atoms with Crippen LogP contribution in [0.15, 0.2) is 0 Å². The normalized spacial score (nSPS) is 10.1. The Morgan fingerprint density at radius 2 is 0.833 bits per heavy atom. The highest BCUT2D eigenvalue weighted by atomic mass is 16.4. The highest BCUT2D eigenvalue weighted by Gasteiger charge is 2.19. The number of hydrogen-bond donors (Lipinski definition) is 5. The fourth-order valence-corrected chi connectivity index (χ4v) is 0.804. The number of hydrogen-bond acceptors (Lipinski definition) is 5. The van der Waals surface area contributed by atoms with Crippen LogP contribution in [0, 0.1) is 6.92 Å². The van der Waals surface area contributed by atoms with Crippen LogP contribution < -0.4 is 0 Å². The molecule has 1 rings (SSSR count). The van der Waals surface area contributed by atoms with E-state index in [0.29, 0.717) is 0 Å². The molecule has 0 bridgehead atoms. The van der Waals surface area contributed by atoms with Crippen molar-refractivity contribution in [2.24, 2.45) is 0 Å². The zero-order valence-corrected chi connectivity index (χ0v) is 6.24. The summed E-state index contributed by atoms with van der Waals surface area (Å²) in [4.78, 5) is 0. The fourth-order valence-electron chi connectivity index (χ4n) is 0.804. The van der Waals surface area contributed by atoms with E-state index in [2.05, 4.69) is 0 Å². The molecule has 5 N–H and O–H groups in total. The second-order valence-electron chi connectivity index (χ2n) is 2.37. The first-order valence-electron chi connectivity index (χ1n) is 3.12. The Kier molecular flexibility index (Phi) is 1.64. The summed E-state index contributed by atoms with van der Waals surface area (Å²) in [6, 6.07) is 0. The highest BCUT2D eigenvalue weighted by molar-refractivity contribution is 5.66. The molecule has 0 saturated carbocycles. The largest absolute Gasteiger partial charge is 0.504 e. The molecule has 0 radical (unpaired) electrons. The molecule has 0 aromatic heterocycles. The van der Waals surface area contributed by atoms with Crippen molar-refractivity contribution in [1.29, 1.82) is 0 Å². The summed E-state index contributed by atoms with van der Waals surface area (Å²) in [5.41, 5.74) is -0.0946. The van der Waals surface area contributed by atoms with Gasteiger partial charge < -0.3 is 25.5 Å². The Bertz CT molecular complexity index is 226. The third kappa shape index (κ3) is 0.868. The number of phenolic OH excluding ortho intramolecular Hbond substituents is 5. The predicted molar refractivity (Wildman–Crippen MR) is 39.5 cm³/mol. The van der Waals surface area contributed by atoms with E-state index in [4.69, 9.17) is 25.5 Å². The number of aromatic hydroxyl groups is 5. The average Bonchev–Trinajstić information content (AvgIpc) is 2.08. The quantitative estimate of drug-likeness (QED) is 0.290. The van der Waals surface area contributed by atoms with E-state index >= 15 is 0 Å². The molecule has 0 heterocycles. The molecule has 0 saturated heterocycles. The molecular formula is C7H8O5. The van der Waals surface area contributed by atoms with Crippen molar-refractivity contribution in [1.82, 2.24) is 0 Å². The molecular weight excluding hydrogens is 164 g/mol. The molecule has 0 aliphatic rings. The summed E-state index contributed by atoms with van der Waals surface area (Å²) in [5, 5.41) is 44.7. The maximum Gasteiger partial charge on any atom is 0.208 e. The topological polar surface area (TPSA) is 101 Å².